The van der Waals surface area contributed by atoms with E-state index in [1.165, 1.54) is 0 Å². The molecular formula is C16H16ClNO2. The first-order valence-corrected chi connectivity index (χ1v) is 6.68. The topological polar surface area (TPSA) is 38.3 Å². The van der Waals surface area contributed by atoms with Gasteiger partial charge >= 0.3 is 0 Å². The van der Waals surface area contributed by atoms with Crippen molar-refractivity contribution in [3.05, 3.63) is 58.6 Å². The molecule has 1 amide bonds. The number of amides is 1. The van der Waals surface area contributed by atoms with Crippen LogP contribution in [0.1, 0.15) is 11.1 Å². The lowest BCUT2D eigenvalue weighted by Gasteiger charge is -2.10. The van der Waals surface area contributed by atoms with E-state index >= 15 is 0 Å². The summed E-state index contributed by atoms with van der Waals surface area (Å²) in [5.74, 6) is 0.472. The van der Waals surface area contributed by atoms with Crippen molar-refractivity contribution in [2.24, 2.45) is 0 Å². The van der Waals surface area contributed by atoms with Crippen LogP contribution in [0.3, 0.4) is 0 Å². The fraction of sp³-hybridized carbons (Fsp3) is 0.188. The quantitative estimate of drug-likeness (QED) is 0.925. The highest BCUT2D eigenvalue weighted by molar-refractivity contribution is 6.31. The van der Waals surface area contributed by atoms with Gasteiger partial charge in [0.05, 0.1) is 0 Å². The van der Waals surface area contributed by atoms with Gasteiger partial charge in [0, 0.05) is 10.7 Å². The Morgan fingerprint density at radius 1 is 1.20 bits per heavy atom. The van der Waals surface area contributed by atoms with E-state index in [-0.39, 0.29) is 12.5 Å². The molecule has 0 saturated carbocycles. The Balaban J connectivity index is 1.94. The van der Waals surface area contributed by atoms with Crippen LogP contribution in [0.15, 0.2) is 42.5 Å². The van der Waals surface area contributed by atoms with Crippen molar-refractivity contribution in [1.82, 2.24) is 0 Å². The van der Waals surface area contributed by atoms with E-state index in [1.54, 1.807) is 12.1 Å². The predicted molar refractivity (Wildman–Crippen MR) is 81.5 cm³/mol. The van der Waals surface area contributed by atoms with E-state index in [0.717, 1.165) is 11.1 Å². The molecule has 0 spiro atoms. The first-order valence-electron chi connectivity index (χ1n) is 6.30. The summed E-state index contributed by atoms with van der Waals surface area (Å²) in [6.45, 7) is 3.85. The molecule has 0 aliphatic heterocycles. The molecule has 1 N–H and O–H groups in total. The van der Waals surface area contributed by atoms with Crippen LogP contribution in [-0.2, 0) is 4.79 Å². The molecule has 0 atom stereocenters. The number of benzene rings is 2. The van der Waals surface area contributed by atoms with Crippen molar-refractivity contribution in [3.63, 3.8) is 0 Å². The third-order valence-electron chi connectivity index (χ3n) is 2.83. The van der Waals surface area contributed by atoms with Crippen LogP contribution in [0, 0.1) is 13.8 Å². The molecule has 0 unspecified atom stereocenters. The number of aryl methyl sites for hydroxylation is 2. The highest BCUT2D eigenvalue weighted by atomic mass is 35.5. The molecule has 0 aromatic heterocycles. The standard InChI is InChI=1S/C16H16ClNO2/c1-11-4-3-5-14(8-11)20-10-16(19)18-15-9-13(17)7-6-12(15)2/h3-9H,10H2,1-2H3,(H,18,19). The van der Waals surface area contributed by atoms with E-state index in [9.17, 15) is 4.79 Å². The zero-order valence-corrected chi connectivity index (χ0v) is 12.2. The third-order valence-corrected chi connectivity index (χ3v) is 3.07. The molecule has 20 heavy (non-hydrogen) atoms. The summed E-state index contributed by atoms with van der Waals surface area (Å²) in [5, 5.41) is 3.38. The number of nitrogens with one attached hydrogen (secondary N) is 1. The number of carbonyl (C=O) groups is 1. The van der Waals surface area contributed by atoms with Gasteiger partial charge < -0.3 is 10.1 Å². The molecule has 0 aliphatic carbocycles. The van der Waals surface area contributed by atoms with Crippen LogP contribution in [0.5, 0.6) is 5.75 Å². The number of anilines is 1. The van der Waals surface area contributed by atoms with Crippen LogP contribution in [0.2, 0.25) is 5.02 Å². The largest absolute Gasteiger partial charge is 0.484 e. The van der Waals surface area contributed by atoms with Crippen LogP contribution in [-0.4, -0.2) is 12.5 Å². The van der Waals surface area contributed by atoms with Gasteiger partial charge in [-0.25, -0.2) is 0 Å². The fourth-order valence-corrected chi connectivity index (χ4v) is 1.94. The van der Waals surface area contributed by atoms with Crippen LogP contribution < -0.4 is 10.1 Å². The van der Waals surface area contributed by atoms with Crippen molar-refractivity contribution < 1.29 is 9.53 Å². The summed E-state index contributed by atoms with van der Waals surface area (Å²) < 4.78 is 5.45. The molecular weight excluding hydrogens is 274 g/mol. The minimum atomic E-state index is -0.211. The number of hydrogen-bond donors (Lipinski definition) is 1. The number of carbonyl (C=O) groups excluding carboxylic acids is 1. The molecule has 0 bridgehead atoms. The molecule has 0 fully saturated rings. The average Bonchev–Trinajstić information content (AvgIpc) is 2.41. The van der Waals surface area contributed by atoms with Crippen molar-refractivity contribution in [2.45, 2.75) is 13.8 Å². The van der Waals surface area contributed by atoms with Crippen molar-refractivity contribution in [1.29, 1.82) is 0 Å². The smallest absolute Gasteiger partial charge is 0.262 e. The van der Waals surface area contributed by atoms with Crippen LogP contribution in [0.25, 0.3) is 0 Å². The van der Waals surface area contributed by atoms with Gasteiger partial charge in [-0.1, -0.05) is 29.8 Å². The zero-order valence-electron chi connectivity index (χ0n) is 11.4. The second-order valence-corrected chi connectivity index (χ2v) is 5.05. The Kier molecular flexibility index (Phi) is 4.64. The third kappa shape index (κ3) is 4.00. The molecule has 104 valence electrons. The Labute approximate surface area is 123 Å². The summed E-state index contributed by atoms with van der Waals surface area (Å²) in [7, 11) is 0. The molecule has 0 aliphatic rings. The maximum absolute atomic E-state index is 11.9. The van der Waals surface area contributed by atoms with Gasteiger partial charge in [-0.05, 0) is 49.2 Å². The monoisotopic (exact) mass is 289 g/mol. The van der Waals surface area contributed by atoms with Crippen molar-refractivity contribution in [2.75, 3.05) is 11.9 Å². The highest BCUT2D eigenvalue weighted by Gasteiger charge is 2.06. The summed E-state index contributed by atoms with van der Waals surface area (Å²) in [6, 6.07) is 12.9. The Bertz CT molecular complexity index is 626. The molecule has 4 heteroatoms. The number of rotatable bonds is 4. The van der Waals surface area contributed by atoms with Crippen molar-refractivity contribution >= 4 is 23.2 Å². The average molecular weight is 290 g/mol. The normalized spacial score (nSPS) is 10.2. The minimum absolute atomic E-state index is 0.0323. The van der Waals surface area contributed by atoms with Gasteiger partial charge in [-0.2, -0.15) is 0 Å². The number of halogens is 1. The first kappa shape index (κ1) is 14.4. The summed E-state index contributed by atoms with van der Waals surface area (Å²) >= 11 is 5.91. The number of hydrogen-bond acceptors (Lipinski definition) is 2. The van der Waals surface area contributed by atoms with Gasteiger partial charge in [0.25, 0.3) is 5.91 Å². The molecule has 2 aromatic carbocycles. The lowest BCUT2D eigenvalue weighted by atomic mass is 10.2. The van der Waals surface area contributed by atoms with E-state index < -0.39 is 0 Å². The maximum atomic E-state index is 11.9. The van der Waals surface area contributed by atoms with Gasteiger partial charge in [0.15, 0.2) is 6.61 Å². The molecule has 3 nitrogen and oxygen atoms in total. The van der Waals surface area contributed by atoms with Gasteiger partial charge in [-0.15, -0.1) is 0 Å². The minimum Gasteiger partial charge on any atom is -0.484 e. The van der Waals surface area contributed by atoms with Crippen molar-refractivity contribution in [3.8, 4) is 5.75 Å². The SMILES string of the molecule is Cc1cccc(OCC(=O)Nc2cc(Cl)ccc2C)c1. The lowest BCUT2D eigenvalue weighted by Crippen LogP contribution is -2.20. The Morgan fingerprint density at radius 2 is 2.00 bits per heavy atom. The predicted octanol–water partition coefficient (Wildman–Crippen LogP) is 3.97. The first-order chi connectivity index (χ1) is 9.54. The highest BCUT2D eigenvalue weighted by Crippen LogP contribution is 2.20. The van der Waals surface area contributed by atoms with Crippen LogP contribution in [0.4, 0.5) is 5.69 Å². The van der Waals surface area contributed by atoms with Gasteiger partial charge in [-0.3, -0.25) is 4.79 Å². The molecule has 0 heterocycles. The second-order valence-electron chi connectivity index (χ2n) is 4.61. The molecule has 0 saturated heterocycles. The van der Waals surface area contributed by atoms with Gasteiger partial charge in [0.1, 0.15) is 5.75 Å². The van der Waals surface area contributed by atoms with E-state index in [4.69, 9.17) is 16.3 Å². The summed E-state index contributed by atoms with van der Waals surface area (Å²) in [5.41, 5.74) is 2.75. The molecule has 2 rings (SSSR count). The second kappa shape index (κ2) is 6.44. The van der Waals surface area contributed by atoms with E-state index in [1.807, 2.05) is 44.2 Å². The Hall–Kier alpha value is -2.00. The zero-order chi connectivity index (χ0) is 14.5. The summed E-state index contributed by atoms with van der Waals surface area (Å²) in [6.07, 6.45) is 0. The summed E-state index contributed by atoms with van der Waals surface area (Å²) in [4.78, 5) is 11.9. The van der Waals surface area contributed by atoms with Gasteiger partial charge in [0.2, 0.25) is 0 Å². The fourth-order valence-electron chi connectivity index (χ4n) is 1.77. The number of ether oxygens (including phenoxy) is 1. The van der Waals surface area contributed by atoms with E-state index in [2.05, 4.69) is 5.32 Å². The Morgan fingerprint density at radius 3 is 2.75 bits per heavy atom. The van der Waals surface area contributed by atoms with Crippen LogP contribution >= 0.6 is 11.6 Å². The molecule has 0 radical (unpaired) electrons. The maximum Gasteiger partial charge on any atom is 0.262 e. The molecule has 2 aromatic rings. The lowest BCUT2D eigenvalue weighted by molar-refractivity contribution is -0.118. The van der Waals surface area contributed by atoms with E-state index in [0.29, 0.717) is 16.5 Å².